The molecule has 3 rings (SSSR count). The van der Waals surface area contributed by atoms with Gasteiger partial charge < -0.3 is 20.5 Å². The second-order valence-electron chi connectivity index (χ2n) is 5.63. The van der Waals surface area contributed by atoms with E-state index in [1.54, 1.807) is 6.20 Å². The second kappa shape index (κ2) is 9.13. The summed E-state index contributed by atoms with van der Waals surface area (Å²) in [6.45, 7) is 3.65. The van der Waals surface area contributed by atoms with Crippen molar-refractivity contribution in [3.63, 3.8) is 0 Å². The van der Waals surface area contributed by atoms with E-state index in [9.17, 15) is 9.18 Å². The molecule has 2 heterocycles. The molecule has 0 fully saturated rings. The van der Waals surface area contributed by atoms with Gasteiger partial charge in [0.1, 0.15) is 5.02 Å². The van der Waals surface area contributed by atoms with Crippen molar-refractivity contribution in [3.8, 4) is 11.6 Å². The minimum atomic E-state index is -0.670. The number of nitrogens with one attached hydrogen (secondary N) is 2. The van der Waals surface area contributed by atoms with Gasteiger partial charge in [-0.1, -0.05) is 18.2 Å². The van der Waals surface area contributed by atoms with Crippen molar-refractivity contribution in [2.24, 2.45) is 0 Å². The smallest absolute Gasteiger partial charge is 0.247 e. The van der Waals surface area contributed by atoms with Crippen LogP contribution in [0.3, 0.4) is 0 Å². The van der Waals surface area contributed by atoms with Crippen LogP contribution in [-0.2, 0) is 11.3 Å². The number of amides is 1. The third kappa shape index (κ3) is 5.27. The number of carbonyl (C=O) groups excluding carboxylic acids is 1. The van der Waals surface area contributed by atoms with Gasteiger partial charge in [0.25, 0.3) is 0 Å². The van der Waals surface area contributed by atoms with Gasteiger partial charge >= 0.3 is 0 Å². The topological polar surface area (TPSA) is 114 Å². The highest BCUT2D eigenvalue weighted by molar-refractivity contribution is 6.31. The molecule has 3 N–H and O–H groups in total. The maximum atomic E-state index is 14.1. The second-order valence-corrected chi connectivity index (χ2v) is 6.04. The zero-order valence-electron chi connectivity index (χ0n) is 15.0. The molecule has 29 heavy (non-hydrogen) atoms. The summed E-state index contributed by atoms with van der Waals surface area (Å²) in [6, 6.07) is 3.81. The van der Waals surface area contributed by atoms with E-state index in [4.69, 9.17) is 21.4 Å². The van der Waals surface area contributed by atoms with Crippen LogP contribution in [0.2, 0.25) is 5.02 Å². The fourth-order valence-corrected chi connectivity index (χ4v) is 2.35. The molecule has 9 nitrogen and oxygen atoms in total. The first-order valence-corrected chi connectivity index (χ1v) is 8.70. The number of nitrogens with zero attached hydrogens (tertiary/aromatic N) is 4. The number of ether oxygens (including phenoxy) is 1. The minimum Gasteiger partial charge on any atom is -0.434 e. The Morgan fingerprint density at radius 3 is 2.97 bits per heavy atom. The molecular weight excluding hydrogens is 403 g/mol. The Hall–Kier alpha value is -3.50. The number of carbonyl (C=O) groups is 1. The van der Waals surface area contributed by atoms with Crippen molar-refractivity contribution in [3.05, 3.63) is 60.3 Å². The monoisotopic (exact) mass is 418 g/mol. The van der Waals surface area contributed by atoms with E-state index in [2.05, 4.69) is 32.3 Å². The van der Waals surface area contributed by atoms with Crippen LogP contribution >= 0.6 is 11.6 Å². The van der Waals surface area contributed by atoms with Crippen LogP contribution in [0.25, 0.3) is 0 Å². The Morgan fingerprint density at radius 1 is 1.38 bits per heavy atom. The lowest BCUT2D eigenvalue weighted by Gasteiger charge is -2.11. The fourth-order valence-electron chi connectivity index (χ4n) is 2.22. The van der Waals surface area contributed by atoms with Crippen LogP contribution in [0, 0.1) is 5.82 Å². The summed E-state index contributed by atoms with van der Waals surface area (Å²) in [5.41, 5.74) is 0.887. The van der Waals surface area contributed by atoms with Gasteiger partial charge in [0.15, 0.2) is 11.6 Å². The van der Waals surface area contributed by atoms with Crippen LogP contribution in [0.15, 0.2) is 49.4 Å². The summed E-state index contributed by atoms with van der Waals surface area (Å²) in [5, 5.41) is 18.5. The molecule has 1 aromatic carbocycles. The third-order valence-electron chi connectivity index (χ3n) is 3.52. The highest BCUT2D eigenvalue weighted by Crippen LogP contribution is 2.31. The van der Waals surface area contributed by atoms with Crippen molar-refractivity contribution in [2.45, 2.75) is 6.54 Å². The quantitative estimate of drug-likeness (QED) is 0.481. The number of aliphatic hydroxyl groups excluding tert-OH is 1. The van der Waals surface area contributed by atoms with Crippen molar-refractivity contribution in [1.82, 2.24) is 19.7 Å². The van der Waals surface area contributed by atoms with Crippen molar-refractivity contribution in [1.29, 1.82) is 0 Å². The molecule has 0 saturated carbocycles. The van der Waals surface area contributed by atoms with Crippen LogP contribution in [-0.4, -0.2) is 37.4 Å². The van der Waals surface area contributed by atoms with Gasteiger partial charge in [0.2, 0.25) is 17.7 Å². The molecule has 0 aliphatic carbocycles. The number of anilines is 3. The van der Waals surface area contributed by atoms with Gasteiger partial charge in [-0.15, -0.1) is 0 Å². The lowest BCUT2D eigenvalue weighted by molar-refractivity contribution is -0.111. The molecule has 0 saturated heterocycles. The molecule has 0 aliphatic rings. The molecular formula is C18H16ClFN6O3. The highest BCUT2D eigenvalue weighted by Gasteiger charge is 2.13. The first kappa shape index (κ1) is 20.2. The van der Waals surface area contributed by atoms with Gasteiger partial charge in [-0.3, -0.25) is 9.48 Å². The fraction of sp³-hybridized carbons (Fsp3) is 0.111. The Labute approximate surface area is 169 Å². The SMILES string of the molecule is C=CC(=O)Nc1ccc(F)c(Oc2nc(Nc3cnn(CCO)c3)ncc2Cl)c1. The Balaban J connectivity index is 1.80. The van der Waals surface area contributed by atoms with Crippen LogP contribution in [0.5, 0.6) is 11.6 Å². The number of benzene rings is 1. The van der Waals surface area contributed by atoms with E-state index in [1.165, 1.54) is 29.2 Å². The molecule has 0 bridgehead atoms. The molecule has 3 aromatic rings. The maximum Gasteiger partial charge on any atom is 0.247 e. The standard InChI is InChI=1S/C18H16ClFN6O3/c1-2-16(28)23-11-3-4-14(20)15(7-11)29-17-13(19)9-21-18(25-17)24-12-8-22-26(10-12)5-6-27/h2-4,7-10,27H,1,5-6H2,(H,23,28)(H,21,24,25). The summed E-state index contributed by atoms with van der Waals surface area (Å²) in [4.78, 5) is 19.6. The normalized spacial score (nSPS) is 10.4. The lowest BCUT2D eigenvalue weighted by Crippen LogP contribution is -2.07. The molecule has 0 atom stereocenters. The number of halogens is 2. The summed E-state index contributed by atoms with van der Waals surface area (Å²) in [5.74, 6) is -1.25. The van der Waals surface area contributed by atoms with Gasteiger partial charge in [-0.05, 0) is 18.2 Å². The average Bonchev–Trinajstić information content (AvgIpc) is 3.14. The first-order chi connectivity index (χ1) is 14.0. The van der Waals surface area contributed by atoms with Gasteiger partial charge in [-0.25, -0.2) is 9.37 Å². The number of aliphatic hydroxyl groups is 1. The highest BCUT2D eigenvalue weighted by atomic mass is 35.5. The predicted molar refractivity (Wildman–Crippen MR) is 105 cm³/mol. The molecule has 1 amide bonds. The molecule has 2 aromatic heterocycles. The number of aromatic nitrogens is 4. The summed E-state index contributed by atoms with van der Waals surface area (Å²) in [6.07, 6.45) is 5.57. The molecule has 0 aliphatic heterocycles. The van der Waals surface area contributed by atoms with Gasteiger partial charge in [0, 0.05) is 18.0 Å². The molecule has 0 spiro atoms. The van der Waals surface area contributed by atoms with E-state index in [0.717, 1.165) is 12.1 Å². The van der Waals surface area contributed by atoms with Crippen LogP contribution < -0.4 is 15.4 Å². The predicted octanol–water partition coefficient (Wildman–Crippen LogP) is 3.12. The van der Waals surface area contributed by atoms with Crippen molar-refractivity contribution < 1.29 is 19.0 Å². The largest absolute Gasteiger partial charge is 0.434 e. The molecule has 0 unspecified atom stereocenters. The van der Waals surface area contributed by atoms with E-state index < -0.39 is 11.7 Å². The molecule has 0 radical (unpaired) electrons. The average molecular weight is 419 g/mol. The number of rotatable bonds is 8. The number of hydrogen-bond acceptors (Lipinski definition) is 7. The Kier molecular flexibility index (Phi) is 6.37. The summed E-state index contributed by atoms with van der Waals surface area (Å²) in [7, 11) is 0. The van der Waals surface area contributed by atoms with Crippen molar-refractivity contribution in [2.75, 3.05) is 17.2 Å². The molecule has 11 heteroatoms. The zero-order valence-corrected chi connectivity index (χ0v) is 15.7. The van der Waals surface area contributed by atoms with Crippen molar-refractivity contribution >= 4 is 34.8 Å². The van der Waals surface area contributed by atoms with Gasteiger partial charge in [-0.2, -0.15) is 10.1 Å². The number of hydrogen-bond donors (Lipinski definition) is 3. The first-order valence-electron chi connectivity index (χ1n) is 8.32. The van der Waals surface area contributed by atoms with Crippen LogP contribution in [0.1, 0.15) is 0 Å². The summed E-state index contributed by atoms with van der Waals surface area (Å²) >= 11 is 6.07. The zero-order chi connectivity index (χ0) is 20.8. The Bertz CT molecular complexity index is 1040. The van der Waals surface area contributed by atoms with Gasteiger partial charge in [0.05, 0.1) is 31.2 Å². The minimum absolute atomic E-state index is 0.0472. The molecule has 150 valence electrons. The maximum absolute atomic E-state index is 14.1. The third-order valence-corrected chi connectivity index (χ3v) is 3.78. The van der Waals surface area contributed by atoms with E-state index in [1.807, 2.05) is 0 Å². The Morgan fingerprint density at radius 2 is 2.21 bits per heavy atom. The van der Waals surface area contributed by atoms with E-state index >= 15 is 0 Å². The van der Waals surface area contributed by atoms with Crippen LogP contribution in [0.4, 0.5) is 21.7 Å². The lowest BCUT2D eigenvalue weighted by atomic mass is 10.3. The van der Waals surface area contributed by atoms with E-state index in [-0.39, 0.29) is 29.2 Å². The van der Waals surface area contributed by atoms with E-state index in [0.29, 0.717) is 17.9 Å². The summed E-state index contributed by atoms with van der Waals surface area (Å²) < 4.78 is 21.2.